The van der Waals surface area contributed by atoms with Crippen LogP contribution in [0.5, 0.6) is 0 Å². The molecule has 4 nitrogen and oxygen atoms in total. The summed E-state index contributed by atoms with van der Waals surface area (Å²) in [5, 5.41) is 7.04. The fourth-order valence-electron chi connectivity index (χ4n) is 2.77. The van der Waals surface area contributed by atoms with Gasteiger partial charge >= 0.3 is 0 Å². The van der Waals surface area contributed by atoms with Crippen molar-refractivity contribution in [1.82, 2.24) is 10.2 Å². The normalized spacial score (nSPS) is 18.2. The van der Waals surface area contributed by atoms with Crippen LogP contribution in [-0.4, -0.2) is 43.0 Å². The predicted molar refractivity (Wildman–Crippen MR) is 88.0 cm³/mol. The molecule has 1 fully saturated rings. The lowest BCUT2D eigenvalue weighted by Crippen LogP contribution is -2.42. The van der Waals surface area contributed by atoms with E-state index in [-0.39, 0.29) is 5.91 Å². The molecule has 1 aliphatic rings. The maximum Gasteiger partial charge on any atom is 0.238 e. The molecule has 1 amide bonds. The Morgan fingerprint density at radius 1 is 1.52 bits per heavy atom. The van der Waals surface area contributed by atoms with Gasteiger partial charge in [-0.2, -0.15) is 0 Å². The third kappa shape index (κ3) is 4.70. The van der Waals surface area contributed by atoms with E-state index in [2.05, 4.69) is 22.5 Å². The van der Waals surface area contributed by atoms with Gasteiger partial charge in [0.15, 0.2) is 0 Å². The van der Waals surface area contributed by atoms with Gasteiger partial charge in [0.1, 0.15) is 0 Å². The topological polar surface area (TPSA) is 44.4 Å². The number of hydrogen-bond donors (Lipinski definition) is 2. The second kappa shape index (κ2) is 7.78. The molecule has 1 aromatic carbocycles. The van der Waals surface area contributed by atoms with Crippen molar-refractivity contribution in [3.63, 3.8) is 0 Å². The van der Waals surface area contributed by atoms with Crippen LogP contribution in [0.1, 0.15) is 25.3 Å². The molecule has 0 bridgehead atoms. The van der Waals surface area contributed by atoms with Crippen molar-refractivity contribution in [1.29, 1.82) is 0 Å². The molecule has 2 rings (SSSR count). The Labute approximate surface area is 131 Å². The molecule has 5 heteroatoms. The number of anilines is 1. The van der Waals surface area contributed by atoms with Gasteiger partial charge in [-0.25, -0.2) is 0 Å². The molecule has 0 aliphatic carbocycles. The van der Waals surface area contributed by atoms with Crippen LogP contribution in [-0.2, 0) is 4.79 Å². The van der Waals surface area contributed by atoms with Crippen LogP contribution < -0.4 is 10.6 Å². The van der Waals surface area contributed by atoms with Gasteiger partial charge in [-0.3, -0.25) is 9.69 Å². The van der Waals surface area contributed by atoms with E-state index in [9.17, 15) is 4.79 Å². The number of carbonyl (C=O) groups excluding carboxylic acids is 1. The average Bonchev–Trinajstić information content (AvgIpc) is 2.95. The Bertz CT molecular complexity index is 486. The zero-order valence-corrected chi connectivity index (χ0v) is 13.5. The second-order valence-corrected chi connectivity index (χ2v) is 6.06. The number of aryl methyl sites for hydroxylation is 1. The minimum Gasteiger partial charge on any atom is -0.325 e. The number of carbonyl (C=O) groups is 1. The first-order chi connectivity index (χ1) is 10.1. The summed E-state index contributed by atoms with van der Waals surface area (Å²) in [7, 11) is 0. The number of halogens is 1. The van der Waals surface area contributed by atoms with E-state index in [0.717, 1.165) is 43.7 Å². The molecule has 1 unspecified atom stereocenters. The van der Waals surface area contributed by atoms with Crippen LogP contribution in [0.4, 0.5) is 5.69 Å². The number of hydrogen-bond acceptors (Lipinski definition) is 3. The first-order valence-corrected chi connectivity index (χ1v) is 7.98. The molecule has 1 saturated heterocycles. The highest BCUT2D eigenvalue weighted by Crippen LogP contribution is 2.19. The van der Waals surface area contributed by atoms with E-state index in [1.165, 1.54) is 0 Å². The summed E-state index contributed by atoms with van der Waals surface area (Å²) in [6.45, 7) is 7.53. The molecular weight excluding hydrogens is 286 g/mol. The molecule has 0 saturated carbocycles. The van der Waals surface area contributed by atoms with Crippen molar-refractivity contribution in [2.24, 2.45) is 0 Å². The Hall–Kier alpha value is -1.10. The van der Waals surface area contributed by atoms with Crippen molar-refractivity contribution >= 4 is 23.2 Å². The van der Waals surface area contributed by atoms with Crippen LogP contribution >= 0.6 is 11.6 Å². The molecule has 1 atom stereocenters. The van der Waals surface area contributed by atoms with Crippen molar-refractivity contribution in [3.8, 4) is 0 Å². The lowest BCUT2D eigenvalue weighted by Gasteiger charge is -2.27. The number of amides is 1. The maximum atomic E-state index is 12.3. The Kier molecular flexibility index (Phi) is 6.03. The lowest BCUT2D eigenvalue weighted by molar-refractivity contribution is -0.117. The number of benzene rings is 1. The van der Waals surface area contributed by atoms with E-state index in [4.69, 9.17) is 11.6 Å². The summed E-state index contributed by atoms with van der Waals surface area (Å²) in [6, 6.07) is 6.00. The molecule has 1 aromatic rings. The second-order valence-electron chi connectivity index (χ2n) is 5.62. The fourth-order valence-corrected chi connectivity index (χ4v) is 3.00. The molecule has 1 heterocycles. The van der Waals surface area contributed by atoms with Gasteiger partial charge in [0.2, 0.25) is 5.91 Å². The van der Waals surface area contributed by atoms with Gasteiger partial charge in [0.25, 0.3) is 0 Å². The first kappa shape index (κ1) is 16.3. The third-order valence-corrected chi connectivity index (χ3v) is 4.11. The van der Waals surface area contributed by atoms with E-state index >= 15 is 0 Å². The van der Waals surface area contributed by atoms with Crippen molar-refractivity contribution in [3.05, 3.63) is 28.8 Å². The van der Waals surface area contributed by atoms with Crippen molar-refractivity contribution in [2.75, 3.05) is 31.5 Å². The van der Waals surface area contributed by atoms with Gasteiger partial charge < -0.3 is 10.6 Å². The standard InChI is InChI=1S/C16H24ClN3O/c1-3-8-20(14-6-7-18-10-14)11-16(21)19-15-5-4-13(17)9-12(15)2/h4-5,9,14,18H,3,6-8,10-11H2,1-2H3,(H,19,21). The Morgan fingerprint density at radius 3 is 2.95 bits per heavy atom. The molecule has 21 heavy (non-hydrogen) atoms. The zero-order valence-electron chi connectivity index (χ0n) is 12.8. The van der Waals surface area contributed by atoms with Crippen LogP contribution in [0.3, 0.4) is 0 Å². The minimum atomic E-state index is 0.0424. The molecule has 0 radical (unpaired) electrons. The monoisotopic (exact) mass is 309 g/mol. The molecule has 0 spiro atoms. The molecule has 116 valence electrons. The zero-order chi connectivity index (χ0) is 15.2. The SMILES string of the molecule is CCCN(CC(=O)Nc1ccc(Cl)cc1C)C1CCNC1. The molecule has 2 N–H and O–H groups in total. The lowest BCUT2D eigenvalue weighted by atomic mass is 10.2. The van der Waals surface area contributed by atoms with Crippen molar-refractivity contribution < 1.29 is 4.79 Å². The van der Waals surface area contributed by atoms with Crippen LogP contribution in [0, 0.1) is 6.92 Å². The summed E-state index contributed by atoms with van der Waals surface area (Å²) >= 11 is 5.94. The fraction of sp³-hybridized carbons (Fsp3) is 0.562. The summed E-state index contributed by atoms with van der Waals surface area (Å²) in [6.07, 6.45) is 2.18. The summed E-state index contributed by atoms with van der Waals surface area (Å²) < 4.78 is 0. The van der Waals surface area contributed by atoms with Gasteiger partial charge in [-0.1, -0.05) is 18.5 Å². The number of nitrogens with one attached hydrogen (secondary N) is 2. The molecule has 1 aliphatic heterocycles. The summed E-state index contributed by atoms with van der Waals surface area (Å²) in [4.78, 5) is 14.6. The Balaban J connectivity index is 1.95. The van der Waals surface area contributed by atoms with Gasteiger partial charge in [0, 0.05) is 23.3 Å². The number of nitrogens with zero attached hydrogens (tertiary/aromatic N) is 1. The number of rotatable bonds is 6. The summed E-state index contributed by atoms with van der Waals surface area (Å²) in [5.74, 6) is 0.0424. The van der Waals surface area contributed by atoms with E-state index in [1.807, 2.05) is 19.1 Å². The maximum absolute atomic E-state index is 12.3. The van der Waals surface area contributed by atoms with E-state index in [1.54, 1.807) is 6.07 Å². The smallest absolute Gasteiger partial charge is 0.238 e. The highest BCUT2D eigenvalue weighted by molar-refractivity contribution is 6.30. The summed E-state index contributed by atoms with van der Waals surface area (Å²) in [5.41, 5.74) is 1.82. The van der Waals surface area contributed by atoms with Crippen LogP contribution in [0.2, 0.25) is 5.02 Å². The van der Waals surface area contributed by atoms with Crippen molar-refractivity contribution in [2.45, 2.75) is 32.7 Å². The predicted octanol–water partition coefficient (Wildman–Crippen LogP) is 2.66. The van der Waals surface area contributed by atoms with Gasteiger partial charge in [0.05, 0.1) is 6.54 Å². The van der Waals surface area contributed by atoms with E-state index < -0.39 is 0 Å². The highest BCUT2D eigenvalue weighted by Gasteiger charge is 2.23. The minimum absolute atomic E-state index is 0.0424. The third-order valence-electron chi connectivity index (χ3n) is 3.87. The highest BCUT2D eigenvalue weighted by atomic mass is 35.5. The molecular formula is C16H24ClN3O. The quantitative estimate of drug-likeness (QED) is 0.849. The largest absolute Gasteiger partial charge is 0.325 e. The molecule has 0 aromatic heterocycles. The Morgan fingerprint density at radius 2 is 2.33 bits per heavy atom. The van der Waals surface area contributed by atoms with Crippen LogP contribution in [0.25, 0.3) is 0 Å². The van der Waals surface area contributed by atoms with Crippen LogP contribution in [0.15, 0.2) is 18.2 Å². The van der Waals surface area contributed by atoms with Gasteiger partial charge in [-0.05, 0) is 56.6 Å². The first-order valence-electron chi connectivity index (χ1n) is 7.61. The van der Waals surface area contributed by atoms with Gasteiger partial charge in [-0.15, -0.1) is 0 Å². The van der Waals surface area contributed by atoms with E-state index in [0.29, 0.717) is 17.6 Å². The average molecular weight is 310 g/mol.